The Bertz CT molecular complexity index is 587. The molecule has 0 spiro atoms. The Balaban J connectivity index is 2.31. The second kappa shape index (κ2) is 6.88. The maximum atomic E-state index is 9.91. The molecule has 1 nitrogen and oxygen atoms in total. The molecule has 0 amide bonds. The second-order valence-electron chi connectivity index (χ2n) is 6.09. The van der Waals surface area contributed by atoms with Crippen molar-refractivity contribution >= 4 is 18.8 Å². The number of hydrogen-bond acceptors (Lipinski definition) is 1. The molecular weight excluding hydrogens is 272 g/mol. The van der Waals surface area contributed by atoms with E-state index in [0.717, 1.165) is 0 Å². The van der Waals surface area contributed by atoms with Crippen LogP contribution in [0.25, 0.3) is 5.57 Å². The number of rotatable bonds is 5. The molecular formula is C19H24OSi. The van der Waals surface area contributed by atoms with Crippen LogP contribution in [0.2, 0.25) is 18.6 Å². The molecule has 0 saturated heterocycles. The van der Waals surface area contributed by atoms with Crippen LogP contribution in [0.4, 0.5) is 0 Å². The third kappa shape index (κ3) is 3.72. The fourth-order valence-corrected chi connectivity index (χ4v) is 5.27. The highest BCUT2D eigenvalue weighted by atomic mass is 28.3. The summed E-state index contributed by atoms with van der Waals surface area (Å²) in [5, 5.41) is 11.3. The lowest BCUT2D eigenvalue weighted by atomic mass is 10.1. The highest BCUT2D eigenvalue weighted by Gasteiger charge is 2.31. The van der Waals surface area contributed by atoms with Crippen molar-refractivity contribution in [3.63, 3.8) is 0 Å². The van der Waals surface area contributed by atoms with Crippen molar-refractivity contribution in [1.82, 2.24) is 0 Å². The van der Waals surface area contributed by atoms with Crippen molar-refractivity contribution in [3.05, 3.63) is 72.3 Å². The number of allylic oxidation sites excluding steroid dienone is 1. The maximum absolute atomic E-state index is 9.91. The Morgan fingerprint density at radius 1 is 1.00 bits per heavy atom. The van der Waals surface area contributed by atoms with Gasteiger partial charge in [-0.1, -0.05) is 85.0 Å². The zero-order valence-corrected chi connectivity index (χ0v) is 14.1. The molecule has 1 N–H and O–H groups in total. The minimum Gasteiger partial charge on any atom is -0.396 e. The molecule has 0 saturated carbocycles. The molecule has 0 aliphatic carbocycles. The van der Waals surface area contributed by atoms with Gasteiger partial charge in [0.25, 0.3) is 0 Å². The molecule has 21 heavy (non-hydrogen) atoms. The van der Waals surface area contributed by atoms with E-state index in [1.165, 1.54) is 16.3 Å². The number of hydrogen-bond donors (Lipinski definition) is 1. The first-order chi connectivity index (χ1) is 10.1. The summed E-state index contributed by atoms with van der Waals surface area (Å²) in [7, 11) is -1.73. The summed E-state index contributed by atoms with van der Waals surface area (Å²) in [6, 6.07) is 21.0. The van der Waals surface area contributed by atoms with E-state index in [2.05, 4.69) is 74.6 Å². The fourth-order valence-electron chi connectivity index (χ4n) is 2.67. The van der Waals surface area contributed by atoms with Crippen molar-refractivity contribution in [1.29, 1.82) is 0 Å². The molecule has 2 rings (SSSR count). The quantitative estimate of drug-likeness (QED) is 0.825. The summed E-state index contributed by atoms with van der Waals surface area (Å²) in [6.45, 7) is 7.00. The predicted octanol–water partition coefficient (Wildman–Crippen LogP) is 4.07. The molecule has 1 unspecified atom stereocenters. The molecule has 0 aliphatic heterocycles. The van der Waals surface area contributed by atoms with Gasteiger partial charge in [-0.25, -0.2) is 0 Å². The summed E-state index contributed by atoms with van der Waals surface area (Å²) in [5.41, 5.74) is 2.69. The maximum Gasteiger partial charge on any atom is 0.0898 e. The highest BCUT2D eigenvalue weighted by Crippen LogP contribution is 2.27. The highest BCUT2D eigenvalue weighted by molar-refractivity contribution is 6.91. The SMILES string of the molecule is C/C(=C\C(CO)[Si](C)(C)c1ccccc1)c1ccccc1. The Hall–Kier alpha value is -1.64. The normalized spacial score (nSPS) is 14.0. The molecule has 2 aromatic carbocycles. The van der Waals surface area contributed by atoms with E-state index in [1.54, 1.807) is 0 Å². The van der Waals surface area contributed by atoms with Gasteiger partial charge >= 0.3 is 0 Å². The van der Waals surface area contributed by atoms with Crippen LogP contribution in [0.15, 0.2) is 66.7 Å². The van der Waals surface area contributed by atoms with Crippen LogP contribution in [0.3, 0.4) is 0 Å². The number of aliphatic hydroxyl groups is 1. The van der Waals surface area contributed by atoms with Gasteiger partial charge in [0.2, 0.25) is 0 Å². The topological polar surface area (TPSA) is 20.2 Å². The van der Waals surface area contributed by atoms with Gasteiger partial charge in [0.05, 0.1) is 8.07 Å². The lowest BCUT2D eigenvalue weighted by molar-refractivity contribution is 0.300. The molecule has 0 radical (unpaired) electrons. The minimum atomic E-state index is -1.73. The van der Waals surface area contributed by atoms with Crippen LogP contribution in [-0.2, 0) is 0 Å². The van der Waals surface area contributed by atoms with Crippen LogP contribution in [0, 0.1) is 0 Å². The summed E-state index contributed by atoms with van der Waals surface area (Å²) in [6.07, 6.45) is 2.26. The Labute approximate surface area is 129 Å². The van der Waals surface area contributed by atoms with Gasteiger partial charge in [0, 0.05) is 12.1 Å². The molecule has 0 aromatic heterocycles. The first-order valence-electron chi connectivity index (χ1n) is 7.46. The summed E-state index contributed by atoms with van der Waals surface area (Å²) >= 11 is 0. The standard InChI is InChI=1S/C19H24OSi/c1-16(17-10-6-4-7-11-17)14-19(15-20)21(2,3)18-12-8-5-9-13-18/h4-14,19-20H,15H2,1-3H3/b16-14+. The van der Waals surface area contributed by atoms with Crippen LogP contribution < -0.4 is 5.19 Å². The fraction of sp³-hybridized carbons (Fsp3) is 0.263. The lowest BCUT2D eigenvalue weighted by Gasteiger charge is -2.30. The van der Waals surface area contributed by atoms with Gasteiger partial charge in [-0.2, -0.15) is 0 Å². The smallest absolute Gasteiger partial charge is 0.0898 e. The largest absolute Gasteiger partial charge is 0.396 e. The van der Waals surface area contributed by atoms with E-state index in [0.29, 0.717) is 0 Å². The zero-order chi connectivity index (χ0) is 15.3. The van der Waals surface area contributed by atoms with Gasteiger partial charge in [-0.3, -0.25) is 0 Å². The van der Waals surface area contributed by atoms with Gasteiger partial charge in [0.15, 0.2) is 0 Å². The van der Waals surface area contributed by atoms with Gasteiger partial charge in [-0.15, -0.1) is 0 Å². The van der Waals surface area contributed by atoms with Crippen molar-refractivity contribution in [3.8, 4) is 0 Å². The lowest BCUT2D eigenvalue weighted by Crippen LogP contribution is -2.46. The summed E-state index contributed by atoms with van der Waals surface area (Å²) < 4.78 is 0. The number of aliphatic hydroxyl groups excluding tert-OH is 1. The number of benzene rings is 2. The zero-order valence-electron chi connectivity index (χ0n) is 13.1. The molecule has 1 atom stereocenters. The first-order valence-corrected chi connectivity index (χ1v) is 10.5. The van der Waals surface area contributed by atoms with E-state index < -0.39 is 8.07 Å². The molecule has 2 heteroatoms. The first kappa shape index (κ1) is 15.7. The molecule has 2 aromatic rings. The van der Waals surface area contributed by atoms with Crippen LogP contribution >= 0.6 is 0 Å². The molecule has 110 valence electrons. The van der Waals surface area contributed by atoms with Gasteiger partial charge in [-0.05, 0) is 18.1 Å². The van der Waals surface area contributed by atoms with Crippen molar-refractivity contribution in [2.75, 3.05) is 6.61 Å². The van der Waals surface area contributed by atoms with E-state index >= 15 is 0 Å². The van der Waals surface area contributed by atoms with Crippen LogP contribution in [-0.4, -0.2) is 19.8 Å². The van der Waals surface area contributed by atoms with E-state index in [1.807, 2.05) is 12.1 Å². The molecule has 0 bridgehead atoms. The monoisotopic (exact) mass is 296 g/mol. The van der Waals surface area contributed by atoms with E-state index in [9.17, 15) is 5.11 Å². The summed E-state index contributed by atoms with van der Waals surface area (Å²) in [4.78, 5) is 0. The predicted molar refractivity (Wildman–Crippen MR) is 94.5 cm³/mol. The molecule has 0 aliphatic rings. The second-order valence-corrected chi connectivity index (χ2v) is 10.9. The Kier molecular flexibility index (Phi) is 5.15. The average Bonchev–Trinajstić information content (AvgIpc) is 2.53. The third-order valence-corrected chi connectivity index (χ3v) is 8.35. The Morgan fingerprint density at radius 3 is 2.05 bits per heavy atom. The van der Waals surface area contributed by atoms with Crippen molar-refractivity contribution in [2.45, 2.75) is 25.6 Å². The van der Waals surface area contributed by atoms with Crippen LogP contribution in [0.1, 0.15) is 12.5 Å². The van der Waals surface area contributed by atoms with E-state index in [-0.39, 0.29) is 12.1 Å². The van der Waals surface area contributed by atoms with Crippen molar-refractivity contribution in [2.24, 2.45) is 0 Å². The van der Waals surface area contributed by atoms with Crippen LogP contribution in [0.5, 0.6) is 0 Å². The third-order valence-electron chi connectivity index (χ3n) is 4.32. The Morgan fingerprint density at radius 2 is 1.52 bits per heavy atom. The van der Waals surface area contributed by atoms with Gasteiger partial charge < -0.3 is 5.11 Å². The average molecular weight is 296 g/mol. The minimum absolute atomic E-state index is 0.207. The molecule has 0 heterocycles. The summed E-state index contributed by atoms with van der Waals surface area (Å²) in [5.74, 6) is 0. The molecule has 0 fully saturated rings. The van der Waals surface area contributed by atoms with Crippen molar-refractivity contribution < 1.29 is 5.11 Å². The van der Waals surface area contributed by atoms with Gasteiger partial charge in [0.1, 0.15) is 0 Å². The van der Waals surface area contributed by atoms with E-state index in [4.69, 9.17) is 0 Å².